The molecule has 1 unspecified atom stereocenters. The van der Waals surface area contributed by atoms with Gasteiger partial charge < -0.3 is 9.88 Å². The SMILES string of the molecule is Cc1[nH]cnc1C(=O)N1CCCC(CCc2c(F)cccc2F)C1. The highest BCUT2D eigenvalue weighted by Gasteiger charge is 2.26. The van der Waals surface area contributed by atoms with Crippen molar-refractivity contribution in [1.82, 2.24) is 14.9 Å². The summed E-state index contributed by atoms with van der Waals surface area (Å²) >= 11 is 0. The average molecular weight is 333 g/mol. The molecule has 24 heavy (non-hydrogen) atoms. The van der Waals surface area contributed by atoms with Crippen LogP contribution in [-0.2, 0) is 6.42 Å². The lowest BCUT2D eigenvalue weighted by molar-refractivity contribution is 0.0662. The number of benzene rings is 1. The first-order chi connectivity index (χ1) is 11.6. The summed E-state index contributed by atoms with van der Waals surface area (Å²) in [5.74, 6) is -0.812. The Hall–Kier alpha value is -2.24. The Balaban J connectivity index is 1.62. The van der Waals surface area contributed by atoms with E-state index in [9.17, 15) is 13.6 Å². The van der Waals surface area contributed by atoms with Crippen LogP contribution in [0.15, 0.2) is 24.5 Å². The van der Waals surface area contributed by atoms with Crippen LogP contribution in [0.4, 0.5) is 8.78 Å². The van der Waals surface area contributed by atoms with Gasteiger partial charge in [-0.05, 0) is 50.7 Å². The number of aromatic nitrogens is 2. The van der Waals surface area contributed by atoms with Crippen LogP contribution in [0.3, 0.4) is 0 Å². The number of imidazole rings is 1. The number of rotatable bonds is 4. The lowest BCUT2D eigenvalue weighted by Gasteiger charge is -2.32. The second-order valence-electron chi connectivity index (χ2n) is 6.37. The third-order valence-electron chi connectivity index (χ3n) is 4.70. The zero-order chi connectivity index (χ0) is 17.1. The van der Waals surface area contributed by atoms with Gasteiger partial charge in [-0.1, -0.05) is 6.07 Å². The van der Waals surface area contributed by atoms with Crippen molar-refractivity contribution in [2.75, 3.05) is 13.1 Å². The van der Waals surface area contributed by atoms with E-state index in [4.69, 9.17) is 0 Å². The van der Waals surface area contributed by atoms with E-state index in [1.54, 1.807) is 4.90 Å². The third kappa shape index (κ3) is 3.47. The number of hydrogen-bond acceptors (Lipinski definition) is 2. The molecule has 2 heterocycles. The highest BCUT2D eigenvalue weighted by molar-refractivity contribution is 5.93. The zero-order valence-corrected chi connectivity index (χ0v) is 13.7. The molecule has 128 valence electrons. The van der Waals surface area contributed by atoms with Crippen LogP contribution < -0.4 is 0 Å². The van der Waals surface area contributed by atoms with E-state index in [2.05, 4.69) is 9.97 Å². The molecule has 1 aromatic heterocycles. The van der Waals surface area contributed by atoms with Crippen molar-refractivity contribution < 1.29 is 13.6 Å². The third-order valence-corrected chi connectivity index (χ3v) is 4.70. The van der Waals surface area contributed by atoms with Gasteiger partial charge in [0.15, 0.2) is 0 Å². The van der Waals surface area contributed by atoms with Crippen molar-refractivity contribution >= 4 is 5.91 Å². The molecule has 1 atom stereocenters. The molecule has 1 fully saturated rings. The molecule has 1 saturated heterocycles. The number of hydrogen-bond donors (Lipinski definition) is 1. The van der Waals surface area contributed by atoms with Crippen LogP contribution in [0.2, 0.25) is 0 Å². The second-order valence-corrected chi connectivity index (χ2v) is 6.37. The summed E-state index contributed by atoms with van der Waals surface area (Å²) in [4.78, 5) is 21.3. The zero-order valence-electron chi connectivity index (χ0n) is 13.7. The molecule has 1 aromatic carbocycles. The minimum absolute atomic E-state index is 0.0736. The number of amides is 1. The van der Waals surface area contributed by atoms with Gasteiger partial charge in [0.2, 0.25) is 0 Å². The van der Waals surface area contributed by atoms with Crippen molar-refractivity contribution in [2.24, 2.45) is 5.92 Å². The fraction of sp³-hybridized carbons (Fsp3) is 0.444. The Morgan fingerprint density at radius 3 is 2.79 bits per heavy atom. The predicted octanol–water partition coefficient (Wildman–Crippen LogP) is 3.48. The summed E-state index contributed by atoms with van der Waals surface area (Å²) in [5, 5.41) is 0. The summed E-state index contributed by atoms with van der Waals surface area (Å²) in [5.41, 5.74) is 1.36. The van der Waals surface area contributed by atoms with Gasteiger partial charge in [-0.3, -0.25) is 4.79 Å². The molecular formula is C18H21F2N3O. The number of aromatic amines is 1. The van der Waals surface area contributed by atoms with Crippen LogP contribution in [0.25, 0.3) is 0 Å². The Bertz CT molecular complexity index is 709. The van der Waals surface area contributed by atoms with Crippen LogP contribution in [0, 0.1) is 24.5 Å². The normalized spacial score (nSPS) is 18.0. The van der Waals surface area contributed by atoms with E-state index < -0.39 is 11.6 Å². The molecule has 0 spiro atoms. The van der Waals surface area contributed by atoms with Crippen LogP contribution in [0.5, 0.6) is 0 Å². The molecule has 2 aromatic rings. The molecule has 4 nitrogen and oxygen atoms in total. The van der Waals surface area contributed by atoms with E-state index >= 15 is 0 Å². The first-order valence-corrected chi connectivity index (χ1v) is 8.28. The standard InChI is InChI=1S/C18H21F2N3O/c1-12-17(22-11-21-12)18(24)23-9-3-4-13(10-23)7-8-14-15(19)5-2-6-16(14)20/h2,5-6,11,13H,3-4,7-10H2,1H3,(H,21,22). The van der Waals surface area contributed by atoms with Crippen molar-refractivity contribution in [2.45, 2.75) is 32.6 Å². The molecule has 0 saturated carbocycles. The van der Waals surface area contributed by atoms with Crippen molar-refractivity contribution in [3.8, 4) is 0 Å². The largest absolute Gasteiger partial charge is 0.348 e. The van der Waals surface area contributed by atoms with Gasteiger partial charge in [0.1, 0.15) is 17.3 Å². The van der Waals surface area contributed by atoms with Gasteiger partial charge in [0, 0.05) is 24.3 Å². The Kier molecular flexibility index (Phi) is 4.92. The molecule has 6 heteroatoms. The Morgan fingerprint density at radius 2 is 2.12 bits per heavy atom. The van der Waals surface area contributed by atoms with Gasteiger partial charge in [-0.2, -0.15) is 0 Å². The number of piperidine rings is 1. The first-order valence-electron chi connectivity index (χ1n) is 8.28. The average Bonchev–Trinajstić information content (AvgIpc) is 3.00. The second kappa shape index (κ2) is 7.11. The molecule has 1 amide bonds. The van der Waals surface area contributed by atoms with E-state index in [1.165, 1.54) is 24.5 Å². The summed E-state index contributed by atoms with van der Waals surface area (Å²) in [6, 6.07) is 3.95. The molecule has 0 aliphatic carbocycles. The number of likely N-dealkylation sites (tertiary alicyclic amines) is 1. The number of nitrogens with one attached hydrogen (secondary N) is 1. The predicted molar refractivity (Wildman–Crippen MR) is 86.6 cm³/mol. The molecule has 1 aliphatic rings. The maximum Gasteiger partial charge on any atom is 0.274 e. The monoisotopic (exact) mass is 333 g/mol. The fourth-order valence-corrected chi connectivity index (χ4v) is 3.33. The number of carbonyl (C=O) groups is 1. The maximum atomic E-state index is 13.7. The maximum absolute atomic E-state index is 13.7. The van der Waals surface area contributed by atoms with Gasteiger partial charge in [-0.15, -0.1) is 0 Å². The van der Waals surface area contributed by atoms with E-state index in [1.807, 2.05) is 6.92 Å². The summed E-state index contributed by atoms with van der Waals surface area (Å²) < 4.78 is 27.4. The molecule has 0 bridgehead atoms. The number of halogens is 2. The number of H-pyrrole nitrogens is 1. The van der Waals surface area contributed by atoms with E-state index in [0.29, 0.717) is 31.6 Å². The Morgan fingerprint density at radius 1 is 1.38 bits per heavy atom. The summed E-state index contributed by atoms with van der Waals surface area (Å²) in [7, 11) is 0. The first kappa shape index (κ1) is 16.6. The molecule has 3 rings (SSSR count). The van der Waals surface area contributed by atoms with Gasteiger partial charge in [0.25, 0.3) is 5.91 Å². The highest BCUT2D eigenvalue weighted by Crippen LogP contribution is 2.24. The van der Waals surface area contributed by atoms with Crippen molar-refractivity contribution in [3.63, 3.8) is 0 Å². The van der Waals surface area contributed by atoms with Crippen LogP contribution in [-0.4, -0.2) is 33.9 Å². The van der Waals surface area contributed by atoms with Crippen molar-refractivity contribution in [3.05, 3.63) is 53.1 Å². The van der Waals surface area contributed by atoms with Crippen LogP contribution >= 0.6 is 0 Å². The lowest BCUT2D eigenvalue weighted by Crippen LogP contribution is -2.40. The van der Waals surface area contributed by atoms with E-state index in [0.717, 1.165) is 18.5 Å². The molecule has 1 aliphatic heterocycles. The molecular weight excluding hydrogens is 312 g/mol. The fourth-order valence-electron chi connectivity index (χ4n) is 3.33. The highest BCUT2D eigenvalue weighted by atomic mass is 19.1. The van der Waals surface area contributed by atoms with E-state index in [-0.39, 0.29) is 17.4 Å². The van der Waals surface area contributed by atoms with Gasteiger partial charge in [-0.25, -0.2) is 13.8 Å². The smallest absolute Gasteiger partial charge is 0.274 e. The molecule has 0 radical (unpaired) electrons. The Labute approximate surface area is 139 Å². The minimum Gasteiger partial charge on any atom is -0.348 e. The lowest BCUT2D eigenvalue weighted by atomic mass is 9.91. The number of nitrogens with zero attached hydrogens (tertiary/aromatic N) is 2. The summed E-state index contributed by atoms with van der Waals surface area (Å²) in [6.07, 6.45) is 4.41. The van der Waals surface area contributed by atoms with Crippen LogP contribution in [0.1, 0.15) is 41.0 Å². The topological polar surface area (TPSA) is 49.0 Å². The summed E-state index contributed by atoms with van der Waals surface area (Å²) in [6.45, 7) is 3.14. The number of aryl methyl sites for hydroxylation is 1. The minimum atomic E-state index is -0.495. The molecule has 1 N–H and O–H groups in total. The quantitative estimate of drug-likeness (QED) is 0.931. The van der Waals surface area contributed by atoms with Gasteiger partial charge in [0.05, 0.1) is 6.33 Å². The van der Waals surface area contributed by atoms with Gasteiger partial charge >= 0.3 is 0 Å². The number of carbonyl (C=O) groups excluding carboxylic acids is 1. The van der Waals surface area contributed by atoms with Crippen molar-refractivity contribution in [1.29, 1.82) is 0 Å².